The molecular formula is C4H10PPd. The molecule has 1 atom stereocenters. The number of rotatable bonds is 0. The molecule has 41 valence electrons. The molecule has 0 heterocycles. The second-order valence-electron chi connectivity index (χ2n) is 2.33. The van der Waals surface area contributed by atoms with Crippen molar-refractivity contribution in [2.24, 2.45) is 0 Å². The SMILES string of the molecule is CC(C)(C)[PH][Pd]. The Morgan fingerprint density at radius 2 is 1.50 bits per heavy atom. The Morgan fingerprint density at radius 1 is 1.33 bits per heavy atom. The van der Waals surface area contributed by atoms with Gasteiger partial charge < -0.3 is 0 Å². The van der Waals surface area contributed by atoms with Gasteiger partial charge in [-0.2, -0.15) is 0 Å². The first kappa shape index (κ1) is 7.09. The summed E-state index contributed by atoms with van der Waals surface area (Å²) in [6.07, 6.45) is 0. The van der Waals surface area contributed by atoms with E-state index in [-0.39, 0.29) is 0 Å². The second kappa shape index (κ2) is 2.41. The molecule has 6 heavy (non-hydrogen) atoms. The Hall–Kier alpha value is 1.09. The van der Waals surface area contributed by atoms with Crippen LogP contribution in [0, 0.1) is 0 Å². The topological polar surface area (TPSA) is 0 Å². The van der Waals surface area contributed by atoms with Gasteiger partial charge >= 0.3 is 51.4 Å². The van der Waals surface area contributed by atoms with Crippen LogP contribution < -0.4 is 0 Å². The van der Waals surface area contributed by atoms with E-state index < -0.39 is 0 Å². The maximum absolute atomic E-state index is 3.17. The molecule has 0 bridgehead atoms. The van der Waals surface area contributed by atoms with Crippen molar-refractivity contribution in [2.45, 2.75) is 25.9 Å². The molecular weight excluding hydrogens is 185 g/mol. The Kier molecular flexibility index (Phi) is 2.85. The van der Waals surface area contributed by atoms with E-state index in [0.29, 0.717) is 5.16 Å². The van der Waals surface area contributed by atoms with Crippen molar-refractivity contribution in [1.82, 2.24) is 0 Å². The predicted molar refractivity (Wildman–Crippen MR) is 28.1 cm³/mol. The minimum absolute atomic E-state index is 0.503. The Labute approximate surface area is 51.8 Å². The number of hydrogen-bond donors (Lipinski definition) is 0. The van der Waals surface area contributed by atoms with Gasteiger partial charge in [0.05, 0.1) is 0 Å². The summed E-state index contributed by atoms with van der Waals surface area (Å²) in [6, 6.07) is 0. The summed E-state index contributed by atoms with van der Waals surface area (Å²) in [4.78, 5) is 0. The van der Waals surface area contributed by atoms with Gasteiger partial charge in [0.15, 0.2) is 0 Å². The first-order valence-corrected chi connectivity index (χ1v) is 5.06. The van der Waals surface area contributed by atoms with E-state index in [2.05, 4.69) is 39.5 Å². The molecule has 0 aliphatic carbocycles. The summed E-state index contributed by atoms with van der Waals surface area (Å²) >= 11 is 3.17. The molecule has 0 aromatic carbocycles. The van der Waals surface area contributed by atoms with E-state index >= 15 is 0 Å². The Morgan fingerprint density at radius 3 is 1.50 bits per heavy atom. The molecule has 0 aliphatic rings. The summed E-state index contributed by atoms with van der Waals surface area (Å²) < 4.78 is 0. The Bertz CT molecular complexity index is 37.3. The molecule has 0 aromatic rings. The van der Waals surface area contributed by atoms with Crippen molar-refractivity contribution >= 4 is 6.77 Å². The first-order valence-electron chi connectivity index (χ1n) is 1.91. The van der Waals surface area contributed by atoms with Crippen LogP contribution in [0.15, 0.2) is 0 Å². The van der Waals surface area contributed by atoms with Crippen LogP contribution in [-0.2, 0) is 18.7 Å². The van der Waals surface area contributed by atoms with Gasteiger partial charge in [-0.15, -0.1) is 0 Å². The molecule has 0 rings (SSSR count). The van der Waals surface area contributed by atoms with Crippen LogP contribution in [0.25, 0.3) is 0 Å². The van der Waals surface area contributed by atoms with E-state index in [4.69, 9.17) is 0 Å². The maximum atomic E-state index is 3.17. The van der Waals surface area contributed by atoms with E-state index in [0.717, 1.165) is 6.77 Å². The first-order chi connectivity index (χ1) is 2.56. The van der Waals surface area contributed by atoms with Gasteiger partial charge in [-0.3, -0.25) is 0 Å². The fourth-order valence-electron chi connectivity index (χ4n) is 0. The van der Waals surface area contributed by atoms with Crippen molar-refractivity contribution < 1.29 is 18.7 Å². The molecule has 0 nitrogen and oxygen atoms in total. The van der Waals surface area contributed by atoms with Crippen LogP contribution in [0.4, 0.5) is 0 Å². The van der Waals surface area contributed by atoms with Crippen LogP contribution >= 0.6 is 6.77 Å². The van der Waals surface area contributed by atoms with Crippen LogP contribution in [-0.4, -0.2) is 5.16 Å². The fourth-order valence-corrected chi connectivity index (χ4v) is 0. The van der Waals surface area contributed by atoms with Gasteiger partial charge in [0.25, 0.3) is 0 Å². The van der Waals surface area contributed by atoms with E-state index in [1.54, 1.807) is 0 Å². The Balaban J connectivity index is 3.17. The standard InChI is InChI=1S/C4H10P.Pd/c1-4(2,3)5;/h5H,1-3H3;/q-1;+1. The van der Waals surface area contributed by atoms with Gasteiger partial charge in [-0.1, -0.05) is 0 Å². The third kappa shape index (κ3) is 5.09. The normalized spacial score (nSPS) is 14.2. The molecule has 0 spiro atoms. The van der Waals surface area contributed by atoms with Crippen molar-refractivity contribution in [3.05, 3.63) is 0 Å². The molecule has 0 saturated carbocycles. The molecule has 0 aromatic heterocycles. The third-order valence-corrected chi connectivity index (χ3v) is 4.21. The summed E-state index contributed by atoms with van der Waals surface area (Å²) in [6.45, 7) is 7.57. The van der Waals surface area contributed by atoms with Crippen molar-refractivity contribution in [1.29, 1.82) is 0 Å². The quantitative estimate of drug-likeness (QED) is 0.409. The van der Waals surface area contributed by atoms with E-state index in [1.165, 1.54) is 0 Å². The summed E-state index contributed by atoms with van der Waals surface area (Å²) in [5, 5.41) is 0.503. The average Bonchev–Trinajstić information content (AvgIpc) is 1.35. The zero-order valence-corrected chi connectivity index (χ0v) is 6.87. The zero-order chi connectivity index (χ0) is 5.21. The second-order valence-corrected chi connectivity index (χ2v) is 5.15. The summed E-state index contributed by atoms with van der Waals surface area (Å²) in [5.74, 6) is 0. The molecule has 0 N–H and O–H groups in total. The van der Waals surface area contributed by atoms with Crippen LogP contribution in [0.5, 0.6) is 0 Å². The molecule has 0 radical (unpaired) electrons. The monoisotopic (exact) mass is 195 g/mol. The van der Waals surface area contributed by atoms with Crippen molar-refractivity contribution in [2.75, 3.05) is 0 Å². The van der Waals surface area contributed by atoms with Gasteiger partial charge in [0, 0.05) is 0 Å². The van der Waals surface area contributed by atoms with Gasteiger partial charge in [0.1, 0.15) is 0 Å². The fraction of sp³-hybridized carbons (Fsp3) is 1.00. The van der Waals surface area contributed by atoms with Crippen LogP contribution in [0.3, 0.4) is 0 Å². The number of hydrogen-bond acceptors (Lipinski definition) is 0. The van der Waals surface area contributed by atoms with Crippen molar-refractivity contribution in [3.63, 3.8) is 0 Å². The van der Waals surface area contributed by atoms with Crippen molar-refractivity contribution in [3.8, 4) is 0 Å². The molecule has 0 amide bonds. The van der Waals surface area contributed by atoms with Crippen LogP contribution in [0.2, 0.25) is 0 Å². The third-order valence-electron chi connectivity index (χ3n) is 0.237. The summed E-state index contributed by atoms with van der Waals surface area (Å²) in [5.41, 5.74) is 0. The zero-order valence-electron chi connectivity index (χ0n) is 4.32. The van der Waals surface area contributed by atoms with E-state index in [1.807, 2.05) is 0 Å². The van der Waals surface area contributed by atoms with Gasteiger partial charge in [-0.05, 0) is 0 Å². The van der Waals surface area contributed by atoms with Gasteiger partial charge in [0.2, 0.25) is 0 Å². The molecule has 2 heteroatoms. The average molecular weight is 196 g/mol. The predicted octanol–water partition coefficient (Wildman–Crippen LogP) is 1.93. The van der Waals surface area contributed by atoms with E-state index in [9.17, 15) is 0 Å². The molecule has 0 aliphatic heterocycles. The molecule has 0 saturated heterocycles. The van der Waals surface area contributed by atoms with Crippen LogP contribution in [0.1, 0.15) is 20.8 Å². The summed E-state index contributed by atoms with van der Waals surface area (Å²) in [7, 11) is 0. The molecule has 1 unspecified atom stereocenters. The van der Waals surface area contributed by atoms with Gasteiger partial charge in [-0.25, -0.2) is 0 Å². The molecule has 0 fully saturated rings. The minimum atomic E-state index is 0.503.